The van der Waals surface area contributed by atoms with Crippen LogP contribution in [0, 0.1) is 0 Å². The molecule has 0 bridgehead atoms. The minimum absolute atomic E-state index is 0.0619. The van der Waals surface area contributed by atoms with Crippen LogP contribution < -0.4 is 0 Å². The smallest absolute Gasteiger partial charge is 0.335 e. The highest BCUT2D eigenvalue weighted by molar-refractivity contribution is 6.10. The van der Waals surface area contributed by atoms with Crippen LogP contribution >= 0.6 is 0 Å². The number of carboxylic acid groups (broad SMARTS) is 1. The van der Waals surface area contributed by atoms with Crippen molar-refractivity contribution in [2.24, 2.45) is 0 Å². The molecule has 0 saturated carbocycles. The van der Waals surface area contributed by atoms with E-state index in [2.05, 4.69) is 33.8 Å². The minimum atomic E-state index is -0.992. The Morgan fingerprint density at radius 3 is 1.87 bits per heavy atom. The van der Waals surface area contributed by atoms with Gasteiger partial charge in [-0.1, -0.05) is 52.0 Å². The maximum atomic E-state index is 12.9. The van der Waals surface area contributed by atoms with Gasteiger partial charge in [0.15, 0.2) is 5.78 Å². The summed E-state index contributed by atoms with van der Waals surface area (Å²) in [6.07, 6.45) is 0. The van der Waals surface area contributed by atoms with Gasteiger partial charge in [0.05, 0.1) is 5.56 Å². The Kier molecular flexibility index (Phi) is 4.99. The second kappa shape index (κ2) is 6.78. The molecule has 2 aromatic carbocycles. The second-order valence-electron chi connectivity index (χ2n) is 6.37. The van der Waals surface area contributed by atoms with E-state index in [1.54, 1.807) is 12.1 Å². The van der Waals surface area contributed by atoms with Gasteiger partial charge in [0.25, 0.3) is 0 Å². The molecule has 23 heavy (non-hydrogen) atoms. The third kappa shape index (κ3) is 3.67. The lowest BCUT2D eigenvalue weighted by Crippen LogP contribution is -2.08. The first kappa shape index (κ1) is 16.9. The van der Waals surface area contributed by atoms with Crippen LogP contribution in [0.15, 0.2) is 42.5 Å². The largest absolute Gasteiger partial charge is 0.478 e. The molecule has 0 radical (unpaired) electrons. The summed E-state index contributed by atoms with van der Waals surface area (Å²) < 4.78 is 0. The molecular formula is C20H22O3. The lowest BCUT2D eigenvalue weighted by molar-refractivity contribution is 0.0696. The van der Waals surface area contributed by atoms with Gasteiger partial charge in [0, 0.05) is 11.1 Å². The summed E-state index contributed by atoms with van der Waals surface area (Å²) in [4.78, 5) is 23.8. The lowest BCUT2D eigenvalue weighted by Gasteiger charge is -2.15. The predicted molar refractivity (Wildman–Crippen MR) is 91.5 cm³/mol. The van der Waals surface area contributed by atoms with E-state index in [-0.39, 0.29) is 17.3 Å². The molecule has 2 aromatic rings. The van der Waals surface area contributed by atoms with Gasteiger partial charge in [0.2, 0.25) is 0 Å². The Morgan fingerprint density at radius 2 is 1.39 bits per heavy atom. The minimum Gasteiger partial charge on any atom is -0.478 e. The molecule has 0 aromatic heterocycles. The Bertz CT molecular complexity index is 725. The van der Waals surface area contributed by atoms with Crippen LogP contribution in [0.2, 0.25) is 0 Å². The summed E-state index contributed by atoms with van der Waals surface area (Å²) in [5, 5.41) is 8.96. The number of hydrogen-bond donors (Lipinski definition) is 1. The number of ketones is 1. The zero-order chi connectivity index (χ0) is 17.1. The average molecular weight is 310 g/mol. The number of benzene rings is 2. The van der Waals surface area contributed by atoms with Gasteiger partial charge in [-0.3, -0.25) is 4.79 Å². The Balaban J connectivity index is 2.48. The molecule has 0 aliphatic rings. The number of carbonyl (C=O) groups is 2. The van der Waals surface area contributed by atoms with Crippen molar-refractivity contribution < 1.29 is 14.7 Å². The van der Waals surface area contributed by atoms with Crippen molar-refractivity contribution in [1.29, 1.82) is 0 Å². The lowest BCUT2D eigenvalue weighted by atomic mass is 9.88. The first-order valence-electron chi connectivity index (χ1n) is 7.83. The fourth-order valence-corrected chi connectivity index (χ4v) is 2.55. The molecule has 0 fully saturated rings. The number of rotatable bonds is 5. The van der Waals surface area contributed by atoms with Gasteiger partial charge in [-0.05, 0) is 41.2 Å². The van der Waals surface area contributed by atoms with E-state index in [0.29, 0.717) is 17.0 Å². The van der Waals surface area contributed by atoms with Gasteiger partial charge in [0.1, 0.15) is 0 Å². The van der Waals surface area contributed by atoms with E-state index in [0.717, 1.165) is 11.1 Å². The Labute approximate surface area is 137 Å². The fourth-order valence-electron chi connectivity index (χ4n) is 2.55. The molecule has 0 heterocycles. The van der Waals surface area contributed by atoms with Crippen LogP contribution in [0.3, 0.4) is 0 Å². The molecule has 3 heteroatoms. The quantitative estimate of drug-likeness (QED) is 0.802. The summed E-state index contributed by atoms with van der Waals surface area (Å²) in [5.41, 5.74) is 3.54. The van der Waals surface area contributed by atoms with Crippen molar-refractivity contribution in [3.8, 4) is 0 Å². The van der Waals surface area contributed by atoms with Crippen molar-refractivity contribution in [3.05, 3.63) is 70.3 Å². The molecule has 0 aliphatic carbocycles. The van der Waals surface area contributed by atoms with Gasteiger partial charge >= 0.3 is 5.97 Å². The van der Waals surface area contributed by atoms with Crippen molar-refractivity contribution in [1.82, 2.24) is 0 Å². The van der Waals surface area contributed by atoms with Crippen LogP contribution in [0.1, 0.15) is 76.9 Å². The van der Waals surface area contributed by atoms with E-state index < -0.39 is 5.97 Å². The summed E-state index contributed by atoms with van der Waals surface area (Å²) in [5.74, 6) is -0.465. The standard InChI is InChI=1S/C20H22O3/c1-12(2)16-9-10-17(13(3)4)18(11-16)19(21)14-5-7-15(8-6-14)20(22)23/h5-13H,1-4H3,(H,22,23). The third-order valence-corrected chi connectivity index (χ3v) is 4.00. The molecule has 0 saturated heterocycles. The highest BCUT2D eigenvalue weighted by atomic mass is 16.4. The summed E-state index contributed by atoms with van der Waals surface area (Å²) in [7, 11) is 0. The fraction of sp³-hybridized carbons (Fsp3) is 0.300. The summed E-state index contributed by atoms with van der Waals surface area (Å²) in [6.45, 7) is 8.32. The zero-order valence-electron chi connectivity index (χ0n) is 14.0. The molecule has 0 spiro atoms. The molecule has 2 rings (SSSR count). The Morgan fingerprint density at radius 1 is 0.826 bits per heavy atom. The van der Waals surface area contributed by atoms with Gasteiger partial charge in [-0.15, -0.1) is 0 Å². The molecule has 0 amide bonds. The van der Waals surface area contributed by atoms with Crippen molar-refractivity contribution in [3.63, 3.8) is 0 Å². The first-order chi connectivity index (χ1) is 10.8. The summed E-state index contributed by atoms with van der Waals surface area (Å²) in [6, 6.07) is 12.2. The molecule has 0 unspecified atom stereocenters. The highest BCUT2D eigenvalue weighted by Crippen LogP contribution is 2.26. The van der Waals surface area contributed by atoms with Crippen LogP contribution in [0.25, 0.3) is 0 Å². The van der Waals surface area contributed by atoms with E-state index in [1.807, 2.05) is 12.1 Å². The summed E-state index contributed by atoms with van der Waals surface area (Å²) >= 11 is 0. The highest BCUT2D eigenvalue weighted by Gasteiger charge is 2.17. The maximum Gasteiger partial charge on any atom is 0.335 e. The van der Waals surface area contributed by atoms with Gasteiger partial charge < -0.3 is 5.11 Å². The predicted octanol–water partition coefficient (Wildman–Crippen LogP) is 4.86. The van der Waals surface area contributed by atoms with E-state index in [1.165, 1.54) is 12.1 Å². The molecular weight excluding hydrogens is 288 g/mol. The normalized spacial score (nSPS) is 11.0. The maximum absolute atomic E-state index is 12.9. The SMILES string of the molecule is CC(C)c1ccc(C(C)C)c(C(=O)c2ccc(C(=O)O)cc2)c1. The van der Waals surface area contributed by atoms with Crippen LogP contribution in [-0.4, -0.2) is 16.9 Å². The molecule has 1 N–H and O–H groups in total. The number of carbonyl (C=O) groups excluding carboxylic acids is 1. The zero-order valence-corrected chi connectivity index (χ0v) is 14.0. The van der Waals surface area contributed by atoms with E-state index >= 15 is 0 Å². The molecule has 0 atom stereocenters. The molecule has 120 valence electrons. The number of carboxylic acids is 1. The van der Waals surface area contributed by atoms with Crippen molar-refractivity contribution in [2.75, 3.05) is 0 Å². The van der Waals surface area contributed by atoms with E-state index in [9.17, 15) is 9.59 Å². The van der Waals surface area contributed by atoms with Crippen LogP contribution in [0.4, 0.5) is 0 Å². The van der Waals surface area contributed by atoms with Crippen molar-refractivity contribution in [2.45, 2.75) is 39.5 Å². The number of aromatic carboxylic acids is 1. The third-order valence-electron chi connectivity index (χ3n) is 4.00. The topological polar surface area (TPSA) is 54.4 Å². The number of hydrogen-bond acceptors (Lipinski definition) is 2. The van der Waals surface area contributed by atoms with Gasteiger partial charge in [-0.25, -0.2) is 4.79 Å². The monoisotopic (exact) mass is 310 g/mol. The van der Waals surface area contributed by atoms with Gasteiger partial charge in [-0.2, -0.15) is 0 Å². The average Bonchev–Trinajstić information content (AvgIpc) is 2.53. The molecule has 3 nitrogen and oxygen atoms in total. The second-order valence-corrected chi connectivity index (χ2v) is 6.37. The van der Waals surface area contributed by atoms with Crippen molar-refractivity contribution >= 4 is 11.8 Å². The Hall–Kier alpha value is -2.42. The van der Waals surface area contributed by atoms with Crippen LogP contribution in [0.5, 0.6) is 0 Å². The molecule has 0 aliphatic heterocycles. The van der Waals surface area contributed by atoms with Crippen LogP contribution in [-0.2, 0) is 0 Å². The first-order valence-corrected chi connectivity index (χ1v) is 7.83. The van der Waals surface area contributed by atoms with E-state index in [4.69, 9.17) is 5.11 Å².